The van der Waals surface area contributed by atoms with Crippen molar-refractivity contribution in [1.82, 2.24) is 0 Å². The molecule has 82 heavy (non-hydrogen) atoms. The molecule has 42 nitrogen and oxygen atoms in total. The van der Waals surface area contributed by atoms with Gasteiger partial charge in [0.15, 0.2) is 34.7 Å². The summed E-state index contributed by atoms with van der Waals surface area (Å²) in [5, 5.41) is 190. The standard InChI is InChI=1S/6C5H8O2.6CH4O.Ce.3Mn.6NO3/c6*1-4(6)3-5(2)7;6*1-2;;;;;6*2-1(3)4/h6*3,6H,1-2H3;6*2H,1H3;;;;;;;;;;/q;;;;;;;;;;;;4*+3;6*-1/p-6/b6*4-3-;;;;;;;;;;;;;;;;. The van der Waals surface area contributed by atoms with Crippen molar-refractivity contribution >= 4 is 34.7 Å². The van der Waals surface area contributed by atoms with Crippen molar-refractivity contribution in [1.29, 1.82) is 0 Å². The van der Waals surface area contributed by atoms with Crippen LogP contribution in [0.3, 0.4) is 0 Å². The molecule has 0 spiro atoms. The van der Waals surface area contributed by atoms with Gasteiger partial charge in [-0.25, -0.2) is 0 Å². The number of allylic oxidation sites excluding steroid dienone is 12. The number of hydrogen-bond acceptors (Lipinski definition) is 36. The van der Waals surface area contributed by atoms with E-state index < -0.39 is 30.5 Å². The molecule has 0 aliphatic carbocycles. The van der Waals surface area contributed by atoms with Gasteiger partial charge in [0.05, 0.1) is 30.5 Å². The first kappa shape index (κ1) is 146. The first-order valence-corrected chi connectivity index (χ1v) is 17.9. The van der Waals surface area contributed by atoms with Crippen molar-refractivity contribution in [3.05, 3.63) is 163 Å². The molecule has 0 aromatic carbocycles. The summed E-state index contributed by atoms with van der Waals surface area (Å²) in [7, 11) is 6.00. The van der Waals surface area contributed by atoms with Gasteiger partial charge in [-0.2, -0.15) is 0 Å². The van der Waals surface area contributed by atoms with Crippen LogP contribution >= 0.6 is 0 Å². The molecule has 0 heterocycles. The van der Waals surface area contributed by atoms with Crippen LogP contribution < -0.4 is 30.6 Å². The van der Waals surface area contributed by atoms with Crippen molar-refractivity contribution in [3.8, 4) is 0 Å². The molecule has 0 saturated carbocycles. The third-order valence-electron chi connectivity index (χ3n) is 2.44. The molecule has 0 unspecified atom stereocenters. The largest absolute Gasteiger partial charge is 3.00 e. The first-order valence-electron chi connectivity index (χ1n) is 17.9. The molecular weight excluding hydrogens is 1400 g/mol. The van der Waals surface area contributed by atoms with Crippen LogP contribution in [0.1, 0.15) is 83.1 Å². The monoisotopic (exact) mass is 1460 g/mol. The molecule has 0 saturated heterocycles. The van der Waals surface area contributed by atoms with Gasteiger partial charge in [0.2, 0.25) is 0 Å². The fraction of sp³-hybridized carbons (Fsp3) is 0.500. The summed E-state index contributed by atoms with van der Waals surface area (Å²) in [5.41, 5.74) is 0. The summed E-state index contributed by atoms with van der Waals surface area (Å²) < 4.78 is 0. The molecule has 0 bridgehead atoms. The van der Waals surface area contributed by atoms with E-state index in [4.69, 9.17) is 123 Å². The summed E-state index contributed by atoms with van der Waals surface area (Å²) in [5.74, 6) is -2.25. The molecular formula is C36H66CeMn3N6O36. The van der Waals surface area contributed by atoms with Crippen molar-refractivity contribution in [2.24, 2.45) is 0 Å². The summed E-state index contributed by atoms with van der Waals surface area (Å²) in [6.45, 7) is 16.2. The number of nitrogens with zero attached hydrogens (tertiary/aromatic N) is 6. The minimum absolute atomic E-state index is 0. The zero-order valence-electron chi connectivity index (χ0n) is 46.7. The van der Waals surface area contributed by atoms with Gasteiger partial charge >= 0.3 is 93.0 Å². The summed E-state index contributed by atoms with van der Waals surface area (Å²) in [4.78, 5) is 109. The maximum atomic E-state index is 9.98. The third kappa shape index (κ3) is 1290. The summed E-state index contributed by atoms with van der Waals surface area (Å²) in [6, 6.07) is 0. The van der Waals surface area contributed by atoms with E-state index in [-0.39, 0.29) is 162 Å². The summed E-state index contributed by atoms with van der Waals surface area (Å²) >= 11 is 0. The Labute approximate surface area is 533 Å². The van der Waals surface area contributed by atoms with Crippen LogP contribution in [0.2, 0.25) is 0 Å². The molecule has 0 aromatic rings. The van der Waals surface area contributed by atoms with Crippen molar-refractivity contribution in [3.63, 3.8) is 0 Å². The van der Waals surface area contributed by atoms with E-state index in [9.17, 15) is 59.4 Å². The minimum atomic E-state index is -1.75. The molecule has 0 amide bonds. The van der Waals surface area contributed by atoms with Gasteiger partial charge in [0.25, 0.3) is 0 Å². The van der Waals surface area contributed by atoms with Gasteiger partial charge in [-0.1, -0.05) is 41.5 Å². The first-order chi connectivity index (χ1) is 35.1. The number of carbonyl (C=O) groups excluding carboxylic acids is 6. The number of carbonyl (C=O) groups is 6. The number of aliphatic hydroxyl groups is 6. The summed E-state index contributed by atoms with van der Waals surface area (Å²) in [6.07, 6.45) is 6.33. The molecule has 6 N–H and O–H groups in total. The molecule has 0 aromatic heterocycles. The molecule has 0 aliphatic rings. The van der Waals surface area contributed by atoms with Gasteiger partial charge in [-0.3, -0.25) is 28.8 Å². The van der Waals surface area contributed by atoms with Gasteiger partial charge in [0.1, 0.15) is 0 Å². The Hall–Kier alpha value is -6.84. The quantitative estimate of drug-likeness (QED) is 0.0478. The number of rotatable bonds is 6. The van der Waals surface area contributed by atoms with Gasteiger partial charge in [0, 0.05) is 42.7 Å². The number of aliphatic hydroxyl groups excluding tert-OH is 6. The van der Waals surface area contributed by atoms with Crippen LogP contribution in [0.5, 0.6) is 0 Å². The van der Waals surface area contributed by atoms with E-state index in [0.29, 0.717) is 0 Å². The molecule has 0 fully saturated rings. The Morgan fingerprint density at radius 3 is 0.268 bits per heavy atom. The molecule has 481 valence electrons. The number of hydrogen-bond donors (Lipinski definition) is 6. The average Bonchev–Trinajstić information content (AvgIpc) is 3.19. The van der Waals surface area contributed by atoms with Crippen LogP contribution in [0, 0.1) is 134 Å². The van der Waals surface area contributed by atoms with Crippen LogP contribution in [0.4, 0.5) is 0 Å². The van der Waals surface area contributed by atoms with E-state index in [2.05, 4.69) is 0 Å². The Bertz CT molecular complexity index is 1340. The fourth-order valence-electron chi connectivity index (χ4n) is 1.72. The van der Waals surface area contributed by atoms with E-state index in [0.717, 1.165) is 79.1 Å². The zero-order chi connectivity index (χ0) is 68.6. The Balaban J connectivity index is -0.0000000236. The molecule has 0 atom stereocenters. The molecule has 1 radical (unpaired) electrons. The maximum Gasteiger partial charge on any atom is 3.00 e. The van der Waals surface area contributed by atoms with Crippen LogP contribution in [-0.2, 0) is 80.0 Å². The second kappa shape index (κ2) is 140. The van der Waals surface area contributed by atoms with E-state index in [1.807, 2.05) is 0 Å². The maximum absolute atomic E-state index is 9.98. The normalized spacial score (nSPS) is 8.05. The predicted molar refractivity (Wildman–Crippen MR) is 258 cm³/mol. The second-order valence-electron chi connectivity index (χ2n) is 9.54. The third-order valence-corrected chi connectivity index (χ3v) is 2.44. The van der Waals surface area contributed by atoms with E-state index >= 15 is 0 Å². The smallest absolute Gasteiger partial charge is 0.876 e. The second-order valence-corrected chi connectivity index (χ2v) is 9.54. The topological polar surface area (TPSA) is 759 Å². The van der Waals surface area contributed by atoms with Crippen molar-refractivity contribution in [2.45, 2.75) is 83.1 Å². The number of ketones is 6. The van der Waals surface area contributed by atoms with Gasteiger partial charge < -0.3 is 153 Å². The van der Waals surface area contributed by atoms with E-state index in [1.165, 1.54) is 83.1 Å². The predicted octanol–water partition coefficient (Wildman–Crippen LogP) is -4.75. The van der Waals surface area contributed by atoms with Crippen LogP contribution in [-0.4, -0.2) is 139 Å². The Morgan fingerprint density at radius 1 is 0.232 bits per heavy atom. The fourth-order valence-corrected chi connectivity index (χ4v) is 1.72. The van der Waals surface area contributed by atoms with E-state index in [1.54, 1.807) is 0 Å². The van der Waals surface area contributed by atoms with Gasteiger partial charge in [-0.15, -0.1) is 34.6 Å². The minimum Gasteiger partial charge on any atom is -0.876 e. The zero-order valence-corrected chi connectivity index (χ0v) is 53.4. The van der Waals surface area contributed by atoms with Gasteiger partial charge in [-0.05, 0) is 78.0 Å². The molecule has 46 heteroatoms. The Morgan fingerprint density at radius 2 is 0.268 bits per heavy atom. The van der Waals surface area contributed by atoms with Crippen LogP contribution in [0.25, 0.3) is 0 Å². The van der Waals surface area contributed by atoms with Crippen LogP contribution in [0.15, 0.2) is 71.0 Å². The average molecular weight is 1460 g/mol. The van der Waals surface area contributed by atoms with Crippen molar-refractivity contribution < 1.29 is 214 Å². The SMILES string of the molecule is CC(=O)/C=C(/C)[O-].CC(=O)/C=C(/C)[O-].CC(=O)/C=C(/C)[O-].CC(=O)/C=C(/C)[O-].CC(=O)/C=C(/C)[O-].CC(=O)/C=C(/C)[O-].CO.CO.CO.CO.CO.CO.O=[N+]([O-])[O-].O=[N+]([O-])[O-].O=[N+]([O-])[O-].O=[N+]([O-])[O-].O=[N+]([O-])[O-].O=[N+]([O-])[O-].[Ce+3].[Mn+3].[Mn+3].[Mn+3]. The molecule has 0 rings (SSSR count). The molecule has 0 aliphatic heterocycles. The Kier molecular flexibility index (Phi) is 251. The van der Waals surface area contributed by atoms with Crippen molar-refractivity contribution in [2.75, 3.05) is 42.7 Å².